The molecule has 1 aromatic carbocycles. The van der Waals surface area contributed by atoms with Crippen molar-refractivity contribution in [3.8, 4) is 17.2 Å². The topological polar surface area (TPSA) is 153 Å². The Morgan fingerprint density at radius 2 is 2.07 bits per heavy atom. The molecule has 28 heavy (non-hydrogen) atoms. The summed E-state index contributed by atoms with van der Waals surface area (Å²) in [6.07, 6.45) is 0.0850. The summed E-state index contributed by atoms with van der Waals surface area (Å²) in [5, 5.41) is 13.7. The monoisotopic (exact) mass is 487 g/mol. The summed E-state index contributed by atoms with van der Waals surface area (Å²) in [7, 11) is -4.08. The second kappa shape index (κ2) is 9.28. The van der Waals surface area contributed by atoms with Gasteiger partial charge in [-0.2, -0.15) is 8.42 Å². The first-order valence-corrected chi connectivity index (χ1v) is 9.72. The zero-order chi connectivity index (χ0) is 19.6. The van der Waals surface area contributed by atoms with Gasteiger partial charge in [0, 0.05) is 6.54 Å². The van der Waals surface area contributed by atoms with Gasteiger partial charge in [-0.1, -0.05) is 5.16 Å². The number of rotatable bonds is 7. The van der Waals surface area contributed by atoms with Gasteiger partial charge in [0.25, 0.3) is 10.1 Å². The Balaban J connectivity index is 0.00000210. The van der Waals surface area contributed by atoms with Crippen LogP contribution in [-0.4, -0.2) is 45.3 Å². The summed E-state index contributed by atoms with van der Waals surface area (Å²) in [4.78, 5) is 12.0. The minimum atomic E-state index is -4.08. The molecule has 0 spiro atoms. The van der Waals surface area contributed by atoms with E-state index in [4.69, 9.17) is 4.55 Å². The number of halogens is 2. The predicted molar refractivity (Wildman–Crippen MR) is 93.7 cm³/mol. The van der Waals surface area contributed by atoms with Gasteiger partial charge in [0.15, 0.2) is 5.69 Å². The van der Waals surface area contributed by atoms with E-state index in [1.54, 1.807) is 0 Å². The molecule has 0 saturated heterocycles. The minimum absolute atomic E-state index is 0. The number of nitrogens with zero attached hydrogens (tertiary/aromatic N) is 4. The molecule has 0 unspecified atom stereocenters. The zero-order valence-electron chi connectivity index (χ0n) is 15.3. The van der Waals surface area contributed by atoms with Crippen LogP contribution in [-0.2, 0) is 10.1 Å². The average Bonchev–Trinajstić information content (AvgIpc) is 3.19. The third-order valence-electron chi connectivity index (χ3n) is 3.34. The SMILES string of the molecule is O=c1onc(-c2nonc2NCCCS(=O)(=O)O)n1-c1ccc(F)c(Br)c1.[H-].[Na+]. The molecule has 0 atom stereocenters. The quantitative estimate of drug-likeness (QED) is 0.230. The Kier molecular flexibility index (Phi) is 7.52. The second-order valence-corrected chi connectivity index (χ2v) is 7.66. The van der Waals surface area contributed by atoms with Gasteiger partial charge < -0.3 is 6.74 Å². The van der Waals surface area contributed by atoms with Gasteiger partial charge in [-0.3, -0.25) is 9.08 Å². The molecule has 0 radical (unpaired) electrons. The number of anilines is 1. The van der Waals surface area contributed by atoms with Crippen LogP contribution in [0.3, 0.4) is 0 Å². The smallest absolute Gasteiger partial charge is 1.00 e. The molecule has 0 bridgehead atoms. The van der Waals surface area contributed by atoms with Gasteiger partial charge in [0.2, 0.25) is 11.6 Å². The summed E-state index contributed by atoms with van der Waals surface area (Å²) in [5.74, 6) is -1.79. The molecule has 0 amide bonds. The Hall–Kier alpha value is -1.58. The summed E-state index contributed by atoms with van der Waals surface area (Å²) in [6.45, 7) is 0.116. The van der Waals surface area contributed by atoms with Crippen LogP contribution < -0.4 is 40.6 Å². The maximum Gasteiger partial charge on any atom is 1.00 e. The fourth-order valence-corrected chi connectivity index (χ4v) is 3.04. The van der Waals surface area contributed by atoms with Crippen molar-refractivity contribution in [2.45, 2.75) is 6.42 Å². The van der Waals surface area contributed by atoms with Crippen molar-refractivity contribution in [1.82, 2.24) is 20.0 Å². The molecule has 0 aliphatic rings. The largest absolute Gasteiger partial charge is 1.00 e. The molecule has 0 saturated carbocycles. The molecule has 3 aromatic rings. The number of hydrogen-bond acceptors (Lipinski definition) is 9. The number of aromatic nitrogens is 4. The van der Waals surface area contributed by atoms with E-state index in [2.05, 4.69) is 45.9 Å². The predicted octanol–water partition coefficient (Wildman–Crippen LogP) is -1.42. The average molecular weight is 488 g/mol. The van der Waals surface area contributed by atoms with Crippen molar-refractivity contribution in [2.24, 2.45) is 0 Å². The van der Waals surface area contributed by atoms with E-state index in [1.165, 1.54) is 12.1 Å². The van der Waals surface area contributed by atoms with E-state index in [1.807, 2.05) is 0 Å². The Bertz CT molecular complexity index is 1140. The Morgan fingerprint density at radius 1 is 1.32 bits per heavy atom. The second-order valence-electron chi connectivity index (χ2n) is 5.23. The summed E-state index contributed by atoms with van der Waals surface area (Å²) < 4.78 is 54.1. The summed E-state index contributed by atoms with van der Waals surface area (Å²) in [5.41, 5.74) is 0.276. The van der Waals surface area contributed by atoms with Crippen molar-refractivity contribution >= 4 is 31.9 Å². The van der Waals surface area contributed by atoms with Crippen LogP contribution in [0.15, 0.2) is 36.6 Å². The number of hydrogen-bond donors (Lipinski definition) is 2. The first-order chi connectivity index (χ1) is 12.8. The fraction of sp³-hybridized carbons (Fsp3) is 0.231. The third-order valence-corrected chi connectivity index (χ3v) is 4.75. The van der Waals surface area contributed by atoms with Crippen molar-refractivity contribution in [3.63, 3.8) is 0 Å². The molecule has 15 heteroatoms. The Morgan fingerprint density at radius 3 is 2.75 bits per heavy atom. The van der Waals surface area contributed by atoms with E-state index < -0.39 is 27.4 Å². The van der Waals surface area contributed by atoms with Crippen molar-refractivity contribution in [1.29, 1.82) is 0 Å². The van der Waals surface area contributed by atoms with Crippen LogP contribution in [0.1, 0.15) is 7.85 Å². The molecule has 2 aromatic heterocycles. The van der Waals surface area contributed by atoms with E-state index in [0.717, 1.165) is 10.6 Å². The van der Waals surface area contributed by atoms with Crippen LogP contribution in [0.25, 0.3) is 17.2 Å². The van der Waals surface area contributed by atoms with Gasteiger partial charge in [-0.25, -0.2) is 18.4 Å². The van der Waals surface area contributed by atoms with Crippen LogP contribution in [0, 0.1) is 5.82 Å². The molecule has 3 rings (SSSR count). The third kappa shape index (κ3) is 5.27. The molecule has 0 aliphatic heterocycles. The molecule has 11 nitrogen and oxygen atoms in total. The van der Waals surface area contributed by atoms with Crippen LogP contribution in [0.4, 0.5) is 10.2 Å². The Labute approximate surface area is 188 Å². The van der Waals surface area contributed by atoms with Gasteiger partial charge in [-0.05, 0) is 50.9 Å². The molecule has 0 aliphatic carbocycles. The normalized spacial score (nSPS) is 11.2. The van der Waals surface area contributed by atoms with E-state index in [9.17, 15) is 17.6 Å². The molecule has 2 heterocycles. The van der Waals surface area contributed by atoms with Gasteiger partial charge in [0.05, 0.1) is 15.9 Å². The van der Waals surface area contributed by atoms with E-state index in [-0.39, 0.29) is 71.4 Å². The first kappa shape index (κ1) is 22.7. The molecule has 2 N–H and O–H groups in total. The van der Waals surface area contributed by atoms with Gasteiger partial charge in [-0.15, -0.1) is 0 Å². The van der Waals surface area contributed by atoms with Crippen molar-refractivity contribution < 1.29 is 57.5 Å². The standard InChI is InChI=1S/C13H11BrFN5O6S.Na.H/c14-8-6-7(2-3-9(8)15)20-12(19-25-13(20)21)10-11(18-26-17-10)16-4-1-5-27(22,23)24;;/h2-3,6H,1,4-5H2,(H,16,18)(H,22,23,24);;/q;+1;-1. The van der Waals surface area contributed by atoms with Gasteiger partial charge >= 0.3 is 35.3 Å². The first-order valence-electron chi connectivity index (χ1n) is 7.32. The maximum atomic E-state index is 13.5. The number of nitrogens with one attached hydrogen (secondary N) is 1. The minimum Gasteiger partial charge on any atom is -1.00 e. The molecular weight excluding hydrogens is 476 g/mol. The number of benzene rings is 1. The molecule has 0 fully saturated rings. The summed E-state index contributed by atoms with van der Waals surface area (Å²) >= 11 is 3.03. The van der Waals surface area contributed by atoms with Crippen molar-refractivity contribution in [3.05, 3.63) is 39.0 Å². The van der Waals surface area contributed by atoms with Gasteiger partial charge in [0.1, 0.15) is 5.82 Å². The zero-order valence-corrected chi connectivity index (χ0v) is 18.7. The molecular formula is C13H12BrFN5NaO6S. The maximum absolute atomic E-state index is 13.5. The molecule has 146 valence electrons. The van der Waals surface area contributed by atoms with Crippen molar-refractivity contribution in [2.75, 3.05) is 17.6 Å². The summed E-state index contributed by atoms with van der Waals surface area (Å²) in [6, 6.07) is 3.84. The van der Waals surface area contributed by atoms with E-state index in [0.29, 0.717) is 0 Å². The van der Waals surface area contributed by atoms with Crippen LogP contribution in [0.5, 0.6) is 0 Å². The fourth-order valence-electron chi connectivity index (χ4n) is 2.16. The van der Waals surface area contributed by atoms with E-state index >= 15 is 0 Å². The van der Waals surface area contributed by atoms with Crippen LogP contribution >= 0.6 is 15.9 Å². The van der Waals surface area contributed by atoms with Crippen LogP contribution in [0.2, 0.25) is 0 Å².